The average Bonchev–Trinajstić information content (AvgIpc) is 4.49. The molecule has 7 heterocycles. The molecular formula is C68H48N6O7. The van der Waals surface area contributed by atoms with Gasteiger partial charge < -0.3 is 44.7 Å². The zero-order valence-electron chi connectivity index (χ0n) is 44.0. The van der Waals surface area contributed by atoms with Crippen molar-refractivity contribution in [3.63, 3.8) is 0 Å². The molecule has 392 valence electrons. The van der Waals surface area contributed by atoms with E-state index in [0.717, 1.165) is 89.4 Å². The van der Waals surface area contributed by atoms with Gasteiger partial charge >= 0.3 is 5.97 Å². The summed E-state index contributed by atoms with van der Waals surface area (Å²) >= 11 is 0. The van der Waals surface area contributed by atoms with Crippen molar-refractivity contribution in [1.82, 2.24) is 19.9 Å². The summed E-state index contributed by atoms with van der Waals surface area (Å²) in [7, 11) is 4.99. The van der Waals surface area contributed by atoms with Crippen molar-refractivity contribution in [2.45, 2.75) is 5.60 Å². The van der Waals surface area contributed by atoms with Crippen LogP contribution in [0, 0.1) is 0 Å². The SMILES string of the molecule is COc1cccc(-c2c3nc(c(-c4cccc(OC)c4)c4ccc([nH]4)c(-c4cccc(OC)c4)c4nc(c(-c5ccc(C(=O)Nc6ccc7c(c6)Oc6cc(N)ccc6C76OC(=O)c7ccccc76)cc5)c5ccc2[nH]5)C=C4)C=C3)c1. The van der Waals surface area contributed by atoms with Crippen LogP contribution in [0.4, 0.5) is 11.4 Å². The number of hydrogen-bond donors (Lipinski definition) is 4. The van der Waals surface area contributed by atoms with Crippen LogP contribution in [0.3, 0.4) is 0 Å². The van der Waals surface area contributed by atoms with E-state index >= 15 is 0 Å². The number of rotatable bonds is 9. The molecular weight excluding hydrogens is 1010 g/mol. The molecule has 0 radical (unpaired) electrons. The largest absolute Gasteiger partial charge is 0.497 e. The lowest BCUT2D eigenvalue weighted by atomic mass is 9.77. The third-order valence-corrected chi connectivity index (χ3v) is 15.3. The Kier molecular flexibility index (Phi) is 11.5. The molecule has 1 spiro atoms. The average molecular weight is 1060 g/mol. The molecule has 1 amide bonds. The zero-order chi connectivity index (χ0) is 54.9. The van der Waals surface area contributed by atoms with Crippen LogP contribution in [0.15, 0.2) is 182 Å². The van der Waals surface area contributed by atoms with Gasteiger partial charge in [-0.05, 0) is 150 Å². The first-order valence-electron chi connectivity index (χ1n) is 26.2. The van der Waals surface area contributed by atoms with E-state index in [0.29, 0.717) is 67.9 Å². The molecule has 0 saturated heterocycles. The quantitative estimate of drug-likeness (QED) is 0.0804. The number of benzene rings is 7. The minimum atomic E-state index is -1.28. The Hall–Kier alpha value is -10.9. The summed E-state index contributed by atoms with van der Waals surface area (Å²) in [5, 5.41) is 3.08. The number of H-pyrrole nitrogens is 2. The second-order valence-electron chi connectivity index (χ2n) is 19.9. The lowest BCUT2D eigenvalue weighted by Crippen LogP contribution is -2.33. The molecule has 81 heavy (non-hydrogen) atoms. The van der Waals surface area contributed by atoms with Gasteiger partial charge in [0.2, 0.25) is 0 Å². The third-order valence-electron chi connectivity index (χ3n) is 15.3. The lowest BCUT2D eigenvalue weighted by molar-refractivity contribution is 0.0224. The number of aromatic nitrogens is 4. The maximum Gasteiger partial charge on any atom is 0.340 e. The minimum Gasteiger partial charge on any atom is -0.497 e. The Morgan fingerprint density at radius 1 is 0.494 bits per heavy atom. The Morgan fingerprint density at radius 3 is 1.47 bits per heavy atom. The van der Waals surface area contributed by atoms with Crippen molar-refractivity contribution < 1.29 is 33.3 Å². The van der Waals surface area contributed by atoms with Crippen LogP contribution >= 0.6 is 0 Å². The number of ether oxygens (including phenoxy) is 5. The molecule has 4 aliphatic heterocycles. The molecule has 14 rings (SSSR count). The van der Waals surface area contributed by atoms with Crippen LogP contribution < -0.4 is 30.0 Å². The fraction of sp³-hybridized carbons (Fsp3) is 0.0588. The number of anilines is 2. The summed E-state index contributed by atoms with van der Waals surface area (Å²) in [6.07, 6.45) is 8.16. The number of aromatic amines is 2. The number of carbonyl (C=O) groups excluding carboxylic acids is 2. The molecule has 4 aliphatic rings. The van der Waals surface area contributed by atoms with E-state index in [9.17, 15) is 9.59 Å². The van der Waals surface area contributed by atoms with E-state index < -0.39 is 11.6 Å². The number of hydrogen-bond acceptors (Lipinski definition) is 10. The smallest absolute Gasteiger partial charge is 0.340 e. The number of carbonyl (C=O) groups is 2. The van der Waals surface area contributed by atoms with Crippen molar-refractivity contribution in [1.29, 1.82) is 0 Å². The van der Waals surface area contributed by atoms with Gasteiger partial charge in [0.1, 0.15) is 28.7 Å². The number of fused-ring (bicyclic) bond motifs is 14. The molecule has 0 aliphatic carbocycles. The summed E-state index contributed by atoms with van der Waals surface area (Å²) < 4.78 is 30.0. The second kappa shape index (κ2) is 19.2. The normalized spacial score (nSPS) is 14.4. The van der Waals surface area contributed by atoms with Gasteiger partial charge in [0.15, 0.2) is 5.60 Å². The van der Waals surface area contributed by atoms with Crippen LogP contribution in [0.5, 0.6) is 28.7 Å². The fourth-order valence-corrected chi connectivity index (χ4v) is 11.5. The number of amides is 1. The first-order valence-corrected chi connectivity index (χ1v) is 26.2. The van der Waals surface area contributed by atoms with Crippen molar-refractivity contribution in [2.24, 2.45) is 0 Å². The highest BCUT2D eigenvalue weighted by atomic mass is 16.6. The Morgan fingerprint density at radius 2 is 0.963 bits per heavy atom. The molecule has 1 unspecified atom stereocenters. The number of esters is 1. The predicted octanol–water partition coefficient (Wildman–Crippen LogP) is 14.8. The zero-order valence-corrected chi connectivity index (χ0v) is 44.0. The molecule has 5 N–H and O–H groups in total. The number of methoxy groups -OCH3 is 3. The number of nitrogens with one attached hydrogen (secondary N) is 3. The molecule has 10 aromatic rings. The van der Waals surface area contributed by atoms with E-state index in [4.69, 9.17) is 39.4 Å². The summed E-state index contributed by atoms with van der Waals surface area (Å²) in [5.74, 6) is 2.20. The maximum atomic E-state index is 14.3. The van der Waals surface area contributed by atoms with Gasteiger partial charge in [0, 0.05) is 90.1 Å². The third kappa shape index (κ3) is 8.17. The number of nitrogen functional groups attached to an aromatic ring is 1. The minimum absolute atomic E-state index is 0.345. The van der Waals surface area contributed by atoms with Gasteiger partial charge in [-0.15, -0.1) is 0 Å². The highest BCUT2D eigenvalue weighted by molar-refractivity contribution is 6.06. The van der Waals surface area contributed by atoms with E-state index in [-0.39, 0.29) is 5.91 Å². The molecule has 1 atom stereocenters. The number of nitrogens with two attached hydrogens (primary N) is 1. The van der Waals surface area contributed by atoms with Crippen LogP contribution in [0.2, 0.25) is 0 Å². The van der Waals surface area contributed by atoms with Gasteiger partial charge in [-0.25, -0.2) is 14.8 Å². The Labute approximate surface area is 464 Å². The highest BCUT2D eigenvalue weighted by Crippen LogP contribution is 2.57. The molecule has 13 nitrogen and oxygen atoms in total. The summed E-state index contributed by atoms with van der Waals surface area (Å²) in [6.45, 7) is 0. The van der Waals surface area contributed by atoms with Crippen LogP contribution in [0.1, 0.15) is 60.2 Å². The van der Waals surface area contributed by atoms with Crippen LogP contribution in [0.25, 0.3) is 90.9 Å². The monoisotopic (exact) mass is 1060 g/mol. The number of nitrogens with zero attached hydrogens (tertiary/aromatic N) is 2. The summed E-state index contributed by atoms with van der Waals surface area (Å²) in [6, 6.07) is 57.7. The topological polar surface area (TPSA) is 176 Å². The molecule has 3 aromatic heterocycles. The van der Waals surface area contributed by atoms with Gasteiger partial charge in [-0.2, -0.15) is 0 Å². The first kappa shape index (κ1) is 48.5. The summed E-state index contributed by atoms with van der Waals surface area (Å²) in [4.78, 5) is 46.2. The van der Waals surface area contributed by atoms with E-state index in [1.807, 2.05) is 115 Å². The van der Waals surface area contributed by atoms with Crippen molar-refractivity contribution in [3.8, 4) is 73.3 Å². The predicted molar refractivity (Wildman–Crippen MR) is 317 cm³/mol. The molecule has 0 saturated carbocycles. The van der Waals surface area contributed by atoms with Gasteiger partial charge in [-0.1, -0.05) is 66.7 Å². The van der Waals surface area contributed by atoms with Crippen molar-refractivity contribution in [3.05, 3.63) is 233 Å². The van der Waals surface area contributed by atoms with Crippen LogP contribution in [-0.2, 0) is 10.3 Å². The standard InChI is InChI=1S/C68H48N6O7/c1-77-45-12-6-9-40(33-45)63-54-27-25-52(71-54)62(38-17-19-39(20-18-38)66(75)70-44-22-24-51-61(37-44)80-60-36-43(69)21-23-50(60)68(51)49-16-5-4-15-48(49)67(76)81-68)53-26-28-55(72-53)64(41-10-7-13-46(34-41)78-2)57-30-32-59(74-57)65(58-31-29-56(63)73-58)42-11-8-14-47(35-42)79-3/h4-37,71,74H,69H2,1-3H3,(H,70,75). The van der Waals surface area contributed by atoms with Gasteiger partial charge in [0.25, 0.3) is 5.91 Å². The first-order chi connectivity index (χ1) is 39.7. The maximum absolute atomic E-state index is 14.3. The van der Waals surface area contributed by atoms with E-state index in [2.05, 4.69) is 63.8 Å². The lowest BCUT2D eigenvalue weighted by Gasteiger charge is -2.36. The Balaban J connectivity index is 0.920. The van der Waals surface area contributed by atoms with Gasteiger partial charge in [-0.3, -0.25) is 4.79 Å². The fourth-order valence-electron chi connectivity index (χ4n) is 11.5. The molecule has 7 aromatic carbocycles. The Bertz CT molecular complexity index is 4490. The highest BCUT2D eigenvalue weighted by Gasteiger charge is 2.53. The molecule has 0 fully saturated rings. The second-order valence-corrected chi connectivity index (χ2v) is 19.9. The van der Waals surface area contributed by atoms with Gasteiger partial charge in [0.05, 0.1) is 49.7 Å². The van der Waals surface area contributed by atoms with Crippen molar-refractivity contribution >= 4 is 69.6 Å². The summed E-state index contributed by atoms with van der Waals surface area (Å²) in [5.41, 5.74) is 21.9. The van der Waals surface area contributed by atoms with E-state index in [1.54, 1.807) is 63.8 Å². The molecule has 13 heteroatoms. The molecule has 8 bridgehead atoms. The van der Waals surface area contributed by atoms with Crippen LogP contribution in [-0.4, -0.2) is 53.1 Å². The van der Waals surface area contributed by atoms with Crippen molar-refractivity contribution in [2.75, 3.05) is 32.4 Å². The van der Waals surface area contributed by atoms with E-state index in [1.165, 1.54) is 0 Å².